The second-order valence-corrected chi connectivity index (χ2v) is 3.59. The Labute approximate surface area is 82.4 Å². The van der Waals surface area contributed by atoms with Crippen LogP contribution in [0.1, 0.15) is 11.1 Å². The molecule has 0 bridgehead atoms. The van der Waals surface area contributed by atoms with E-state index in [0.717, 1.165) is 16.5 Å². The van der Waals surface area contributed by atoms with E-state index in [1.54, 1.807) is 0 Å². The first kappa shape index (κ1) is 8.88. The third kappa shape index (κ3) is 1.11. The van der Waals surface area contributed by atoms with Gasteiger partial charge in [-0.2, -0.15) is 0 Å². The topological polar surface area (TPSA) is 43.1 Å². The minimum Gasteiger partial charge on any atom is -0.593 e. The monoisotopic (exact) mass is 189 g/mol. The van der Waals surface area contributed by atoms with Crippen LogP contribution in [0.5, 0.6) is 11.5 Å². The maximum atomic E-state index is 9.84. The summed E-state index contributed by atoms with van der Waals surface area (Å²) < 4.78 is 0. The van der Waals surface area contributed by atoms with Gasteiger partial charge in [0.15, 0.2) is 0 Å². The largest absolute Gasteiger partial charge is 0.593 e. The van der Waals surface area contributed by atoms with Crippen LogP contribution >= 0.6 is 0 Å². The highest BCUT2D eigenvalue weighted by Gasteiger charge is 2.12. The van der Waals surface area contributed by atoms with Gasteiger partial charge >= 0.3 is 0 Å². The standard InChI is InChI=1S/C12H12O2/c1-7-3-5-9-6-4-8(2)12(14)10(9)11(7)13/h3-6,13-14H,1-2H3/p+1. The fraction of sp³-hybridized carbons (Fsp3) is 0.167. The molecule has 0 heterocycles. The third-order valence-corrected chi connectivity index (χ3v) is 2.57. The maximum Gasteiger partial charge on any atom is 0.268 e. The Morgan fingerprint density at radius 2 is 1.57 bits per heavy atom. The van der Waals surface area contributed by atoms with E-state index < -0.39 is 0 Å². The Morgan fingerprint density at radius 1 is 1.00 bits per heavy atom. The molecule has 14 heavy (non-hydrogen) atoms. The number of phenolic OH excluding ortho intramolecular Hbond substituents is 1. The number of aryl methyl sites for hydroxylation is 2. The van der Waals surface area contributed by atoms with Crippen molar-refractivity contribution in [1.82, 2.24) is 0 Å². The molecule has 2 rings (SSSR count). The average Bonchev–Trinajstić information content (AvgIpc) is 2.17. The van der Waals surface area contributed by atoms with Crippen LogP contribution in [-0.2, 0) is 0 Å². The van der Waals surface area contributed by atoms with E-state index >= 15 is 0 Å². The second kappa shape index (κ2) is 2.91. The molecule has 0 spiro atoms. The number of fused-ring (bicyclic) bond motifs is 1. The van der Waals surface area contributed by atoms with E-state index in [-0.39, 0.29) is 5.75 Å². The van der Waals surface area contributed by atoms with E-state index in [9.17, 15) is 5.11 Å². The van der Waals surface area contributed by atoms with Crippen molar-refractivity contribution in [3.05, 3.63) is 35.4 Å². The smallest absolute Gasteiger partial charge is 0.268 e. The summed E-state index contributed by atoms with van der Waals surface area (Å²) in [6.45, 7) is 3.72. The van der Waals surface area contributed by atoms with Gasteiger partial charge in [-0.1, -0.05) is 18.2 Å². The van der Waals surface area contributed by atoms with Crippen molar-refractivity contribution >= 4 is 10.8 Å². The fourth-order valence-electron chi connectivity index (χ4n) is 1.61. The van der Waals surface area contributed by atoms with E-state index in [2.05, 4.69) is 0 Å². The summed E-state index contributed by atoms with van der Waals surface area (Å²) in [7, 11) is 0. The van der Waals surface area contributed by atoms with Gasteiger partial charge in [0, 0.05) is 5.56 Å². The molecular formula is C12H13O2+. The zero-order valence-corrected chi connectivity index (χ0v) is 8.26. The molecule has 0 aliphatic carbocycles. The van der Waals surface area contributed by atoms with Crippen LogP contribution in [0.2, 0.25) is 0 Å². The molecule has 3 N–H and O–H groups in total. The SMILES string of the molecule is Cc1ccc2ccc(C)c([OH2+])c2c1O. The molecule has 0 radical (unpaired) electrons. The number of aromatic hydroxyl groups is 1. The fourth-order valence-corrected chi connectivity index (χ4v) is 1.61. The molecule has 2 aromatic rings. The molecule has 0 aliphatic rings. The molecule has 0 unspecified atom stereocenters. The Kier molecular flexibility index (Phi) is 1.84. The molecule has 0 fully saturated rings. The Hall–Kier alpha value is -1.70. The second-order valence-electron chi connectivity index (χ2n) is 3.59. The van der Waals surface area contributed by atoms with Gasteiger partial charge in [0.1, 0.15) is 11.1 Å². The average molecular weight is 189 g/mol. The summed E-state index contributed by atoms with van der Waals surface area (Å²) in [5.74, 6) is 0.653. The molecule has 0 amide bonds. The van der Waals surface area contributed by atoms with Gasteiger partial charge in [0.05, 0.1) is 0 Å². The van der Waals surface area contributed by atoms with E-state index in [1.807, 2.05) is 38.1 Å². The molecule has 0 aliphatic heterocycles. The first-order valence-corrected chi connectivity index (χ1v) is 4.54. The lowest BCUT2D eigenvalue weighted by Crippen LogP contribution is -1.82. The summed E-state index contributed by atoms with van der Waals surface area (Å²) in [5, 5.41) is 19.3. The first-order valence-electron chi connectivity index (χ1n) is 4.54. The van der Waals surface area contributed by atoms with Crippen molar-refractivity contribution < 1.29 is 10.2 Å². The lowest BCUT2D eigenvalue weighted by atomic mass is 10.0. The van der Waals surface area contributed by atoms with Crippen LogP contribution in [0, 0.1) is 13.8 Å². The van der Waals surface area contributed by atoms with E-state index in [1.165, 1.54) is 0 Å². The molecule has 0 atom stereocenters. The first-order chi connectivity index (χ1) is 6.61. The number of phenols is 1. The van der Waals surface area contributed by atoms with Gasteiger partial charge in [-0.15, -0.1) is 0 Å². The molecule has 2 heteroatoms. The van der Waals surface area contributed by atoms with Gasteiger partial charge in [-0.3, -0.25) is 0 Å². The third-order valence-electron chi connectivity index (χ3n) is 2.57. The minimum atomic E-state index is 0.233. The highest BCUT2D eigenvalue weighted by molar-refractivity contribution is 5.95. The predicted octanol–water partition coefficient (Wildman–Crippen LogP) is 2.60. The summed E-state index contributed by atoms with van der Waals surface area (Å²) in [6.07, 6.45) is 0. The minimum absolute atomic E-state index is 0.233. The molecule has 0 saturated carbocycles. The highest BCUT2D eigenvalue weighted by atomic mass is 16.3. The normalized spacial score (nSPS) is 10.7. The van der Waals surface area contributed by atoms with Gasteiger partial charge < -0.3 is 10.2 Å². The predicted molar refractivity (Wildman–Crippen MR) is 58.1 cm³/mol. The summed E-state index contributed by atoms with van der Waals surface area (Å²) >= 11 is 0. The van der Waals surface area contributed by atoms with Gasteiger partial charge in [-0.25, -0.2) is 0 Å². The quantitative estimate of drug-likeness (QED) is 0.636. The van der Waals surface area contributed by atoms with E-state index in [4.69, 9.17) is 5.11 Å². The Morgan fingerprint density at radius 3 is 2.21 bits per heavy atom. The van der Waals surface area contributed by atoms with Crippen molar-refractivity contribution in [3.8, 4) is 11.5 Å². The number of benzene rings is 2. The molecule has 2 nitrogen and oxygen atoms in total. The van der Waals surface area contributed by atoms with Crippen molar-refractivity contribution in [2.24, 2.45) is 0 Å². The van der Waals surface area contributed by atoms with Crippen molar-refractivity contribution in [1.29, 1.82) is 0 Å². The van der Waals surface area contributed by atoms with Gasteiger partial charge in [0.25, 0.3) is 5.75 Å². The lowest BCUT2D eigenvalue weighted by molar-refractivity contribution is 0.459. The van der Waals surface area contributed by atoms with Crippen molar-refractivity contribution in [3.63, 3.8) is 0 Å². The van der Waals surface area contributed by atoms with Crippen LogP contribution in [0.25, 0.3) is 10.8 Å². The number of hydrogen-bond acceptors (Lipinski definition) is 1. The van der Waals surface area contributed by atoms with Crippen molar-refractivity contribution in [2.45, 2.75) is 13.8 Å². The lowest BCUT2D eigenvalue weighted by Gasteiger charge is -2.05. The number of rotatable bonds is 0. The molecule has 0 aromatic heterocycles. The molecule has 2 aromatic carbocycles. The zero-order chi connectivity index (χ0) is 10.3. The number of hydrogen-bond donors (Lipinski definition) is 1. The van der Waals surface area contributed by atoms with Crippen LogP contribution in [0.15, 0.2) is 24.3 Å². The maximum absolute atomic E-state index is 9.84. The zero-order valence-electron chi connectivity index (χ0n) is 8.26. The highest BCUT2D eigenvalue weighted by Crippen LogP contribution is 2.36. The molecule has 0 saturated heterocycles. The summed E-state index contributed by atoms with van der Waals surface area (Å²) in [5.41, 5.74) is 1.70. The summed E-state index contributed by atoms with van der Waals surface area (Å²) in [4.78, 5) is 0. The van der Waals surface area contributed by atoms with E-state index in [0.29, 0.717) is 11.1 Å². The molecular weight excluding hydrogens is 176 g/mol. The van der Waals surface area contributed by atoms with Crippen LogP contribution < -0.4 is 0 Å². The molecule has 72 valence electrons. The summed E-state index contributed by atoms with van der Waals surface area (Å²) in [6, 6.07) is 7.63. The van der Waals surface area contributed by atoms with Crippen molar-refractivity contribution in [2.75, 3.05) is 0 Å². The van der Waals surface area contributed by atoms with Gasteiger partial charge in [0.2, 0.25) is 0 Å². The Balaban J connectivity index is 2.98. The van der Waals surface area contributed by atoms with Crippen LogP contribution in [0.3, 0.4) is 0 Å². The van der Waals surface area contributed by atoms with Gasteiger partial charge in [-0.05, 0) is 30.9 Å². The van der Waals surface area contributed by atoms with Crippen LogP contribution in [0.4, 0.5) is 0 Å². The van der Waals surface area contributed by atoms with Crippen LogP contribution in [-0.4, -0.2) is 10.2 Å². The Bertz CT molecular complexity index is 458.